The lowest BCUT2D eigenvalue weighted by atomic mass is 9.97. The van der Waals surface area contributed by atoms with E-state index >= 15 is 0 Å². The van der Waals surface area contributed by atoms with E-state index in [1.807, 2.05) is 12.1 Å². The Morgan fingerprint density at radius 3 is 2.83 bits per heavy atom. The lowest BCUT2D eigenvalue weighted by Gasteiger charge is -2.14. The summed E-state index contributed by atoms with van der Waals surface area (Å²) in [6.45, 7) is 0.0370. The Morgan fingerprint density at radius 2 is 2.03 bits per heavy atom. The number of halogens is 2. The number of thiophene rings is 1. The molecule has 4 rings (SSSR count). The molecule has 0 bridgehead atoms. The molecule has 0 amide bonds. The number of aromatic nitrogens is 2. The van der Waals surface area contributed by atoms with E-state index in [2.05, 4.69) is 15.3 Å². The van der Waals surface area contributed by atoms with Gasteiger partial charge in [0.25, 0.3) is 0 Å². The maximum Gasteiger partial charge on any atom is 0.158 e. The Kier molecular flexibility index (Phi) is 6.20. The summed E-state index contributed by atoms with van der Waals surface area (Å²) in [6.07, 6.45) is 4.40. The van der Waals surface area contributed by atoms with Crippen molar-refractivity contribution in [1.82, 2.24) is 9.97 Å². The number of anilines is 1. The van der Waals surface area contributed by atoms with Crippen molar-refractivity contribution < 1.29 is 14.6 Å². The van der Waals surface area contributed by atoms with Gasteiger partial charge in [-0.3, -0.25) is 0 Å². The van der Waals surface area contributed by atoms with E-state index in [0.717, 1.165) is 40.9 Å². The third kappa shape index (κ3) is 4.64. The van der Waals surface area contributed by atoms with Gasteiger partial charge < -0.3 is 20.0 Å². The Morgan fingerprint density at radius 1 is 1.21 bits per heavy atom. The second kappa shape index (κ2) is 8.83. The molecule has 2 aromatic heterocycles. The Bertz CT molecular complexity index is 1070. The number of carboxylic acid groups (broad SMARTS) is 1. The van der Waals surface area contributed by atoms with E-state index in [1.165, 1.54) is 16.9 Å². The molecule has 0 atom stereocenters. The molecule has 2 heterocycles. The van der Waals surface area contributed by atoms with Crippen molar-refractivity contribution in [2.45, 2.75) is 38.8 Å². The van der Waals surface area contributed by atoms with Crippen LogP contribution in [0.3, 0.4) is 0 Å². The minimum atomic E-state index is -1.27. The highest BCUT2D eigenvalue weighted by Gasteiger charge is 2.21. The lowest BCUT2D eigenvalue weighted by molar-refractivity contribution is -0.309. The smallest absolute Gasteiger partial charge is 0.158 e. The third-order valence-electron chi connectivity index (χ3n) is 4.76. The zero-order valence-corrected chi connectivity index (χ0v) is 17.8. The second-order valence-corrected chi connectivity index (χ2v) is 8.74. The highest BCUT2D eigenvalue weighted by Crippen LogP contribution is 2.38. The van der Waals surface area contributed by atoms with Gasteiger partial charge in [-0.2, -0.15) is 0 Å². The molecule has 0 radical (unpaired) electrons. The number of hydrogen-bond donors (Lipinski definition) is 1. The molecule has 9 heteroatoms. The number of carbonyl (C=O) groups is 1. The van der Waals surface area contributed by atoms with E-state index in [0.29, 0.717) is 22.4 Å². The van der Waals surface area contributed by atoms with Crippen LogP contribution in [0.5, 0.6) is 0 Å². The molecule has 3 aromatic rings. The van der Waals surface area contributed by atoms with Gasteiger partial charge in [-0.05, 0) is 48.9 Å². The Hall–Kier alpha value is -1.93. The first-order valence-electron chi connectivity index (χ1n) is 9.28. The Balaban J connectivity index is 1.65. The number of carboxylic acids is 1. The minimum Gasteiger partial charge on any atom is -0.548 e. The standard InChI is InChI=1S/C20H19Cl2N3O3S/c21-13-6-5-11(7-14(13)22)8-23-19-18-12-3-1-2-4-15(12)29-20(18)25-16(24-19)9-28-10-17(26)27/h5-7H,1-4,8-10H2,(H,26,27)(H,23,24,25)/p-1. The molecule has 6 nitrogen and oxygen atoms in total. The fraction of sp³-hybridized carbons (Fsp3) is 0.350. The van der Waals surface area contributed by atoms with Gasteiger partial charge in [-0.1, -0.05) is 29.3 Å². The summed E-state index contributed by atoms with van der Waals surface area (Å²) in [7, 11) is 0. The normalized spacial score (nSPS) is 13.4. The first-order valence-corrected chi connectivity index (χ1v) is 10.8. The highest BCUT2D eigenvalue weighted by molar-refractivity contribution is 7.19. The van der Waals surface area contributed by atoms with Gasteiger partial charge in [0, 0.05) is 11.4 Å². The van der Waals surface area contributed by atoms with Gasteiger partial charge in [-0.15, -0.1) is 11.3 Å². The quantitative estimate of drug-likeness (QED) is 0.589. The van der Waals surface area contributed by atoms with Crippen molar-refractivity contribution in [1.29, 1.82) is 0 Å². The van der Waals surface area contributed by atoms with Gasteiger partial charge in [0.2, 0.25) is 0 Å². The summed E-state index contributed by atoms with van der Waals surface area (Å²) in [4.78, 5) is 22.1. The first kappa shape index (κ1) is 20.3. The van der Waals surface area contributed by atoms with Crippen molar-refractivity contribution >= 4 is 56.5 Å². The van der Waals surface area contributed by atoms with Crippen molar-refractivity contribution in [2.75, 3.05) is 11.9 Å². The molecule has 0 saturated carbocycles. The lowest BCUT2D eigenvalue weighted by Crippen LogP contribution is -2.27. The largest absolute Gasteiger partial charge is 0.548 e. The Labute approximate surface area is 181 Å². The van der Waals surface area contributed by atoms with Crippen molar-refractivity contribution in [3.8, 4) is 0 Å². The van der Waals surface area contributed by atoms with Gasteiger partial charge in [-0.25, -0.2) is 9.97 Å². The average Bonchev–Trinajstić information content (AvgIpc) is 3.07. The number of benzene rings is 1. The number of aliphatic carboxylic acids is 1. The number of nitrogens with zero attached hydrogens (tertiary/aromatic N) is 2. The molecular weight excluding hydrogens is 433 g/mol. The molecule has 0 saturated heterocycles. The van der Waals surface area contributed by atoms with Crippen LogP contribution in [-0.2, 0) is 35.5 Å². The van der Waals surface area contributed by atoms with Gasteiger partial charge >= 0.3 is 0 Å². The first-order chi connectivity index (χ1) is 14.0. The zero-order valence-electron chi connectivity index (χ0n) is 15.5. The molecule has 0 spiro atoms. The van der Waals surface area contributed by atoms with Gasteiger partial charge in [0.05, 0.1) is 28.0 Å². The van der Waals surface area contributed by atoms with E-state index in [9.17, 15) is 9.90 Å². The molecule has 1 aliphatic carbocycles. The van der Waals surface area contributed by atoms with Crippen LogP contribution < -0.4 is 10.4 Å². The SMILES string of the molecule is O=C([O-])COCc1nc(NCc2ccc(Cl)c(Cl)c2)c2c3c(sc2n1)CCCC3. The number of hydrogen-bond acceptors (Lipinski definition) is 7. The predicted molar refractivity (Wildman–Crippen MR) is 113 cm³/mol. The molecule has 0 aliphatic heterocycles. The van der Waals surface area contributed by atoms with Crippen LogP contribution in [0, 0.1) is 0 Å². The maximum absolute atomic E-state index is 10.6. The zero-order chi connectivity index (χ0) is 20.4. The molecule has 1 aromatic carbocycles. The van der Waals surface area contributed by atoms with Gasteiger partial charge in [0.1, 0.15) is 17.3 Å². The monoisotopic (exact) mass is 450 g/mol. The van der Waals surface area contributed by atoms with E-state index < -0.39 is 12.6 Å². The van der Waals surface area contributed by atoms with Crippen molar-refractivity contribution in [2.24, 2.45) is 0 Å². The highest BCUT2D eigenvalue weighted by atomic mass is 35.5. The summed E-state index contributed by atoms with van der Waals surface area (Å²) in [5.41, 5.74) is 2.29. The average molecular weight is 451 g/mol. The molecule has 1 N–H and O–H groups in total. The van der Waals surface area contributed by atoms with Crippen LogP contribution in [0.1, 0.15) is 34.7 Å². The summed E-state index contributed by atoms with van der Waals surface area (Å²) in [5.74, 6) is -0.0999. The topological polar surface area (TPSA) is 87.2 Å². The summed E-state index contributed by atoms with van der Waals surface area (Å²) in [6, 6.07) is 5.50. The molecule has 0 unspecified atom stereocenters. The van der Waals surface area contributed by atoms with Crippen molar-refractivity contribution in [3.63, 3.8) is 0 Å². The van der Waals surface area contributed by atoms with E-state index in [-0.39, 0.29) is 6.61 Å². The number of carbonyl (C=O) groups excluding carboxylic acids is 1. The number of fused-ring (bicyclic) bond motifs is 3. The summed E-state index contributed by atoms with van der Waals surface area (Å²) < 4.78 is 5.14. The van der Waals surface area contributed by atoms with Crippen LogP contribution in [0.15, 0.2) is 18.2 Å². The van der Waals surface area contributed by atoms with Crippen molar-refractivity contribution in [3.05, 3.63) is 50.1 Å². The molecular formula is C20H18Cl2N3O3S-. The van der Waals surface area contributed by atoms with E-state index in [1.54, 1.807) is 17.4 Å². The maximum atomic E-state index is 10.6. The second-order valence-electron chi connectivity index (χ2n) is 6.85. The van der Waals surface area contributed by atoms with Crippen LogP contribution in [0.25, 0.3) is 10.2 Å². The van der Waals surface area contributed by atoms with Crippen LogP contribution in [0.4, 0.5) is 5.82 Å². The number of aryl methyl sites for hydroxylation is 2. The molecule has 1 aliphatic rings. The summed E-state index contributed by atoms with van der Waals surface area (Å²) in [5, 5.41) is 16.1. The molecule has 0 fully saturated rings. The number of rotatable bonds is 7. The fourth-order valence-electron chi connectivity index (χ4n) is 3.46. The molecule has 29 heavy (non-hydrogen) atoms. The third-order valence-corrected chi connectivity index (χ3v) is 6.68. The molecule has 152 valence electrons. The van der Waals surface area contributed by atoms with Gasteiger partial charge in [0.15, 0.2) is 5.82 Å². The number of ether oxygens (including phenoxy) is 1. The van der Waals surface area contributed by atoms with Crippen LogP contribution in [-0.4, -0.2) is 22.5 Å². The fourth-order valence-corrected chi connectivity index (χ4v) is 5.06. The summed E-state index contributed by atoms with van der Waals surface area (Å²) >= 11 is 13.8. The van der Waals surface area contributed by atoms with E-state index in [4.69, 9.17) is 27.9 Å². The number of nitrogens with one attached hydrogen (secondary N) is 1. The minimum absolute atomic E-state index is 0.00788. The van der Waals surface area contributed by atoms with Crippen LogP contribution in [0.2, 0.25) is 10.0 Å². The van der Waals surface area contributed by atoms with Crippen LogP contribution >= 0.6 is 34.5 Å². The predicted octanol–water partition coefficient (Wildman–Crippen LogP) is 3.76.